The summed E-state index contributed by atoms with van der Waals surface area (Å²) >= 11 is 0. The maximum atomic E-state index is 11.2. The molecule has 2 aliphatic rings. The molecule has 0 saturated heterocycles. The van der Waals surface area contributed by atoms with E-state index >= 15 is 0 Å². The number of hydrogen-bond donors (Lipinski definition) is 2. The molecule has 0 aromatic carbocycles. The minimum Gasteiger partial charge on any atom is -0.338 e. The van der Waals surface area contributed by atoms with Gasteiger partial charge < -0.3 is 10.6 Å². The number of hydrogen-bond acceptors (Lipinski definition) is 1. The van der Waals surface area contributed by atoms with Crippen LogP contribution in [-0.4, -0.2) is 18.1 Å². The molecule has 3 nitrogen and oxygen atoms in total. The van der Waals surface area contributed by atoms with Crippen LogP contribution in [0.5, 0.6) is 0 Å². The van der Waals surface area contributed by atoms with E-state index in [1.807, 2.05) is 0 Å². The van der Waals surface area contributed by atoms with E-state index in [1.165, 1.54) is 12.8 Å². The maximum absolute atomic E-state index is 11.2. The Morgan fingerprint density at radius 3 is 2.67 bits per heavy atom. The quantitative estimate of drug-likeness (QED) is 0.654. The van der Waals surface area contributed by atoms with Crippen LogP contribution in [0.4, 0.5) is 4.79 Å². The van der Waals surface area contributed by atoms with E-state index in [2.05, 4.69) is 17.6 Å². The summed E-state index contributed by atoms with van der Waals surface area (Å²) in [6, 6.07) is 0.0156. The van der Waals surface area contributed by atoms with Crippen molar-refractivity contribution in [2.45, 2.75) is 38.1 Å². The molecule has 2 rings (SSSR count). The smallest absolute Gasteiger partial charge is 0.315 e. The van der Waals surface area contributed by atoms with Gasteiger partial charge in [-0.1, -0.05) is 0 Å². The first-order valence-electron chi connectivity index (χ1n) is 4.74. The molecule has 3 heteroatoms. The zero-order chi connectivity index (χ0) is 8.60. The predicted molar refractivity (Wildman–Crippen MR) is 46.9 cm³/mol. The number of nitrogens with one attached hydrogen (secondary N) is 2. The van der Waals surface area contributed by atoms with Crippen LogP contribution in [0.15, 0.2) is 0 Å². The van der Waals surface area contributed by atoms with Gasteiger partial charge in [0.2, 0.25) is 0 Å². The molecule has 0 unspecified atom stereocenters. The van der Waals surface area contributed by atoms with Crippen molar-refractivity contribution in [1.29, 1.82) is 0 Å². The van der Waals surface area contributed by atoms with Crippen molar-refractivity contribution in [2.75, 3.05) is 6.54 Å². The molecule has 2 aliphatic carbocycles. The molecule has 2 amide bonds. The Labute approximate surface area is 72.9 Å². The lowest BCUT2D eigenvalue weighted by atomic mass is 10.3. The number of amides is 2. The van der Waals surface area contributed by atoms with Crippen LogP contribution in [0.1, 0.15) is 32.6 Å². The third-order valence-corrected chi connectivity index (χ3v) is 2.66. The third-order valence-electron chi connectivity index (χ3n) is 2.66. The molecule has 0 heterocycles. The molecule has 2 N–H and O–H groups in total. The monoisotopic (exact) mass is 168 g/mol. The first kappa shape index (κ1) is 7.90. The average Bonchev–Trinajstić information content (AvgIpc) is 2.83. The lowest BCUT2D eigenvalue weighted by Crippen LogP contribution is -2.42. The molecule has 0 bridgehead atoms. The topological polar surface area (TPSA) is 41.1 Å². The Hall–Kier alpha value is -0.730. The second kappa shape index (κ2) is 2.64. The number of rotatable bonds is 3. The van der Waals surface area contributed by atoms with Crippen molar-refractivity contribution in [3.05, 3.63) is 0 Å². The van der Waals surface area contributed by atoms with Gasteiger partial charge in [-0.25, -0.2) is 4.79 Å². The molecular formula is C9H16N2O. The molecule has 0 aliphatic heterocycles. The van der Waals surface area contributed by atoms with E-state index in [0.717, 1.165) is 25.3 Å². The molecule has 0 spiro atoms. The van der Waals surface area contributed by atoms with Gasteiger partial charge in [0.1, 0.15) is 0 Å². The zero-order valence-corrected chi connectivity index (χ0v) is 7.52. The molecule has 0 aromatic rings. The Balaban J connectivity index is 1.62. The Bertz CT molecular complexity index is 195. The van der Waals surface area contributed by atoms with Gasteiger partial charge in [0, 0.05) is 12.1 Å². The molecule has 2 fully saturated rings. The van der Waals surface area contributed by atoms with Crippen molar-refractivity contribution in [2.24, 2.45) is 5.92 Å². The first-order chi connectivity index (χ1) is 5.68. The van der Waals surface area contributed by atoms with Crippen LogP contribution in [0, 0.1) is 5.92 Å². The van der Waals surface area contributed by atoms with Crippen molar-refractivity contribution < 1.29 is 4.79 Å². The standard InChI is InChI=1S/C9H16N2O/c1-9(4-5-9)11-8(12)10-6-7-2-3-7/h7H,2-6H2,1H3,(H2,10,11,12). The second-order valence-corrected chi connectivity index (χ2v) is 4.34. The summed E-state index contributed by atoms with van der Waals surface area (Å²) in [6.07, 6.45) is 4.84. The summed E-state index contributed by atoms with van der Waals surface area (Å²) in [7, 11) is 0. The minimum absolute atomic E-state index is 0.0156. The summed E-state index contributed by atoms with van der Waals surface area (Å²) in [6.45, 7) is 2.95. The highest BCUT2D eigenvalue weighted by atomic mass is 16.2. The Kier molecular flexibility index (Phi) is 1.74. The minimum atomic E-state index is 0.0156. The summed E-state index contributed by atoms with van der Waals surface area (Å²) in [4.78, 5) is 11.2. The van der Waals surface area contributed by atoms with Crippen molar-refractivity contribution >= 4 is 6.03 Å². The van der Waals surface area contributed by atoms with Gasteiger partial charge in [0.15, 0.2) is 0 Å². The predicted octanol–water partition coefficient (Wildman–Crippen LogP) is 1.25. The second-order valence-electron chi connectivity index (χ2n) is 4.34. The average molecular weight is 168 g/mol. The molecule has 12 heavy (non-hydrogen) atoms. The van der Waals surface area contributed by atoms with E-state index in [9.17, 15) is 4.79 Å². The summed E-state index contributed by atoms with van der Waals surface area (Å²) in [5, 5.41) is 5.85. The van der Waals surface area contributed by atoms with Crippen LogP contribution in [0.25, 0.3) is 0 Å². The molecule has 0 radical (unpaired) electrons. The van der Waals surface area contributed by atoms with Gasteiger partial charge in [-0.15, -0.1) is 0 Å². The zero-order valence-electron chi connectivity index (χ0n) is 7.52. The lowest BCUT2D eigenvalue weighted by molar-refractivity contribution is 0.236. The third kappa shape index (κ3) is 2.13. The largest absolute Gasteiger partial charge is 0.338 e. The van der Waals surface area contributed by atoms with Crippen molar-refractivity contribution in [1.82, 2.24) is 10.6 Å². The van der Waals surface area contributed by atoms with Crippen LogP contribution >= 0.6 is 0 Å². The van der Waals surface area contributed by atoms with E-state index in [1.54, 1.807) is 0 Å². The fourth-order valence-corrected chi connectivity index (χ4v) is 1.19. The van der Waals surface area contributed by atoms with E-state index < -0.39 is 0 Å². The van der Waals surface area contributed by atoms with Gasteiger partial charge in [-0.3, -0.25) is 0 Å². The Morgan fingerprint density at radius 2 is 2.17 bits per heavy atom. The molecule has 0 atom stereocenters. The first-order valence-corrected chi connectivity index (χ1v) is 4.74. The van der Waals surface area contributed by atoms with Gasteiger partial charge in [-0.2, -0.15) is 0 Å². The van der Waals surface area contributed by atoms with E-state index in [-0.39, 0.29) is 11.6 Å². The molecule has 0 aromatic heterocycles. The normalized spacial score (nSPS) is 24.8. The highest BCUT2D eigenvalue weighted by Gasteiger charge is 2.38. The lowest BCUT2D eigenvalue weighted by Gasteiger charge is -2.11. The summed E-state index contributed by atoms with van der Waals surface area (Å²) in [5.41, 5.74) is 0.119. The highest BCUT2D eigenvalue weighted by molar-refractivity contribution is 5.75. The number of urea groups is 1. The van der Waals surface area contributed by atoms with E-state index in [0.29, 0.717) is 0 Å². The molecule has 2 saturated carbocycles. The Morgan fingerprint density at radius 1 is 1.50 bits per heavy atom. The van der Waals surface area contributed by atoms with Crippen LogP contribution in [0.2, 0.25) is 0 Å². The van der Waals surface area contributed by atoms with Gasteiger partial charge >= 0.3 is 6.03 Å². The van der Waals surface area contributed by atoms with Gasteiger partial charge in [0.25, 0.3) is 0 Å². The SMILES string of the molecule is CC1(NC(=O)NCC2CC2)CC1. The van der Waals surface area contributed by atoms with Gasteiger partial charge in [0.05, 0.1) is 0 Å². The summed E-state index contributed by atoms with van der Waals surface area (Å²) in [5.74, 6) is 0.766. The van der Waals surface area contributed by atoms with Crippen LogP contribution < -0.4 is 10.6 Å². The van der Waals surface area contributed by atoms with Crippen LogP contribution in [0.3, 0.4) is 0 Å². The van der Waals surface area contributed by atoms with Gasteiger partial charge in [-0.05, 0) is 38.5 Å². The number of carbonyl (C=O) groups is 1. The molecule has 68 valence electrons. The van der Waals surface area contributed by atoms with Crippen LogP contribution in [-0.2, 0) is 0 Å². The fourth-order valence-electron chi connectivity index (χ4n) is 1.19. The maximum Gasteiger partial charge on any atom is 0.315 e. The summed E-state index contributed by atoms with van der Waals surface area (Å²) < 4.78 is 0. The number of carbonyl (C=O) groups excluding carboxylic acids is 1. The van der Waals surface area contributed by atoms with Crippen molar-refractivity contribution in [3.8, 4) is 0 Å². The fraction of sp³-hybridized carbons (Fsp3) is 0.889. The molecular weight excluding hydrogens is 152 g/mol. The van der Waals surface area contributed by atoms with E-state index in [4.69, 9.17) is 0 Å². The van der Waals surface area contributed by atoms with Crippen molar-refractivity contribution in [3.63, 3.8) is 0 Å². The highest BCUT2D eigenvalue weighted by Crippen LogP contribution is 2.34.